The Bertz CT molecular complexity index is 456. The summed E-state index contributed by atoms with van der Waals surface area (Å²) in [6.07, 6.45) is 4.69. The molecule has 0 unspecified atom stereocenters. The second-order valence-corrected chi connectivity index (χ2v) is 14.2. The first-order chi connectivity index (χ1) is 10.8. The van der Waals surface area contributed by atoms with Gasteiger partial charge >= 0.3 is 0 Å². The van der Waals surface area contributed by atoms with Crippen molar-refractivity contribution in [1.29, 1.82) is 0 Å². The van der Waals surface area contributed by atoms with Crippen LogP contribution in [0.15, 0.2) is 43.4 Å². The van der Waals surface area contributed by atoms with Gasteiger partial charge in [0.25, 0.3) is 0 Å². The van der Waals surface area contributed by atoms with E-state index >= 15 is 0 Å². The number of thiophene rings is 2. The molecule has 0 N–H and O–H groups in total. The molecule has 22 heavy (non-hydrogen) atoms. The Balaban J connectivity index is 1.80. The predicted octanol–water partition coefficient (Wildman–Crippen LogP) is 6.49. The van der Waals surface area contributed by atoms with Gasteiger partial charge in [-0.15, -0.1) is 22.7 Å². The average Bonchev–Trinajstić information content (AvgIpc) is 3.23. The highest BCUT2D eigenvalue weighted by molar-refractivity contribution is 8.35. The molecular formula is C16H24S6. The van der Waals surface area contributed by atoms with Gasteiger partial charge in [-0.1, -0.05) is 12.1 Å². The van der Waals surface area contributed by atoms with Crippen molar-refractivity contribution in [2.24, 2.45) is 0 Å². The van der Waals surface area contributed by atoms with Crippen LogP contribution in [0.1, 0.15) is 0 Å². The monoisotopic (exact) mass is 408 g/mol. The van der Waals surface area contributed by atoms with E-state index in [1.807, 2.05) is 34.4 Å². The minimum Gasteiger partial charge on any atom is -0.172 e. The van der Waals surface area contributed by atoms with E-state index in [9.17, 15) is 0 Å². The maximum atomic E-state index is 2.50. The summed E-state index contributed by atoms with van der Waals surface area (Å²) in [4.78, 5) is 0. The smallest absolute Gasteiger partial charge is 0.0473 e. The van der Waals surface area contributed by atoms with Crippen molar-refractivity contribution in [3.8, 4) is 0 Å². The average molecular weight is 409 g/mol. The molecule has 0 radical (unpaired) electrons. The highest BCUT2D eigenvalue weighted by Crippen LogP contribution is 2.62. The van der Waals surface area contributed by atoms with Gasteiger partial charge in [0.15, 0.2) is 0 Å². The molecule has 0 nitrogen and oxygen atoms in total. The molecule has 0 spiro atoms. The Hall–Kier alpha value is 0.800. The summed E-state index contributed by atoms with van der Waals surface area (Å²) in [6, 6.07) is 9.08. The van der Waals surface area contributed by atoms with Crippen LogP contribution in [0.4, 0.5) is 0 Å². The van der Waals surface area contributed by atoms with Crippen molar-refractivity contribution in [2.75, 3.05) is 47.0 Å². The molecule has 2 heterocycles. The van der Waals surface area contributed by atoms with Crippen molar-refractivity contribution in [3.05, 3.63) is 35.0 Å². The van der Waals surface area contributed by atoms with E-state index in [4.69, 9.17) is 0 Å². The van der Waals surface area contributed by atoms with Crippen LogP contribution in [0.3, 0.4) is 0 Å². The van der Waals surface area contributed by atoms with Gasteiger partial charge in [-0.25, -0.2) is 0 Å². The van der Waals surface area contributed by atoms with E-state index in [-0.39, 0.29) is 0 Å². The molecule has 0 aliphatic carbocycles. The maximum absolute atomic E-state index is 2.50. The third kappa shape index (κ3) is 5.71. The van der Waals surface area contributed by atoms with E-state index in [0.717, 1.165) is 0 Å². The van der Waals surface area contributed by atoms with Crippen LogP contribution in [0, 0.1) is 0 Å². The standard InChI is InChI=1S/C16H24S6/c1-17-9-10-18-11-12-19-13-14-22(2,15-5-3-7-20-15)16-6-4-8-21-16/h3-8H,9-14H2,1-2H3. The summed E-state index contributed by atoms with van der Waals surface area (Å²) in [7, 11) is -0.805. The topological polar surface area (TPSA) is 0 Å². The predicted molar refractivity (Wildman–Crippen MR) is 117 cm³/mol. The molecule has 2 rings (SSSR count). The van der Waals surface area contributed by atoms with Crippen molar-refractivity contribution in [1.82, 2.24) is 0 Å². The van der Waals surface area contributed by atoms with Crippen LogP contribution >= 0.6 is 68.0 Å². The highest BCUT2D eigenvalue weighted by atomic mass is 32.3. The summed E-state index contributed by atoms with van der Waals surface area (Å²) in [5.74, 6) is 7.78. The van der Waals surface area contributed by atoms with Gasteiger partial charge in [0, 0.05) is 37.2 Å². The summed E-state index contributed by atoms with van der Waals surface area (Å²) in [5, 5.41) is 4.45. The van der Waals surface area contributed by atoms with Crippen LogP contribution in [0.2, 0.25) is 0 Å². The van der Waals surface area contributed by atoms with Crippen molar-refractivity contribution in [3.63, 3.8) is 0 Å². The molecule has 2 aromatic heterocycles. The Morgan fingerprint density at radius 1 is 0.864 bits per heavy atom. The fourth-order valence-electron chi connectivity index (χ4n) is 2.03. The quantitative estimate of drug-likeness (QED) is 0.390. The van der Waals surface area contributed by atoms with Crippen molar-refractivity contribution in [2.45, 2.75) is 8.42 Å². The third-order valence-corrected chi connectivity index (χ3v) is 13.9. The fourth-order valence-corrected chi connectivity index (χ4v) is 11.8. The first-order valence-corrected chi connectivity index (χ1v) is 14.9. The zero-order valence-corrected chi connectivity index (χ0v) is 18.1. The molecule has 0 saturated carbocycles. The van der Waals surface area contributed by atoms with Gasteiger partial charge < -0.3 is 0 Å². The van der Waals surface area contributed by atoms with Gasteiger partial charge in [-0.05, 0) is 41.2 Å². The Labute approximate surface area is 157 Å². The molecule has 0 atom stereocenters. The lowest BCUT2D eigenvalue weighted by Crippen LogP contribution is -2.05. The van der Waals surface area contributed by atoms with Gasteiger partial charge in [-0.2, -0.15) is 45.3 Å². The molecule has 124 valence electrons. The van der Waals surface area contributed by atoms with Crippen LogP contribution < -0.4 is 0 Å². The molecule has 0 bridgehead atoms. The van der Waals surface area contributed by atoms with Gasteiger partial charge in [-0.3, -0.25) is 0 Å². The maximum Gasteiger partial charge on any atom is 0.0473 e. The number of hydrogen-bond donors (Lipinski definition) is 0. The highest BCUT2D eigenvalue weighted by Gasteiger charge is 2.24. The Kier molecular flexibility index (Phi) is 9.23. The molecule has 0 saturated heterocycles. The zero-order chi connectivity index (χ0) is 15.7. The minimum absolute atomic E-state index is 0.805. The Morgan fingerprint density at radius 2 is 1.41 bits per heavy atom. The third-order valence-electron chi connectivity index (χ3n) is 3.32. The second kappa shape index (κ2) is 10.6. The fraction of sp³-hybridized carbons (Fsp3) is 0.500. The first-order valence-electron chi connectivity index (χ1n) is 7.25. The summed E-state index contributed by atoms with van der Waals surface area (Å²) >= 11 is 10.1. The molecule has 0 aliphatic heterocycles. The molecule has 2 aromatic rings. The van der Waals surface area contributed by atoms with E-state index in [2.05, 4.69) is 71.1 Å². The lowest BCUT2D eigenvalue weighted by Gasteiger charge is -2.33. The number of thioether (sulfide) groups is 3. The summed E-state index contributed by atoms with van der Waals surface area (Å²) in [6.45, 7) is 0. The van der Waals surface area contributed by atoms with Crippen molar-refractivity contribution >= 4 is 68.0 Å². The van der Waals surface area contributed by atoms with Crippen LogP contribution in [0.25, 0.3) is 0 Å². The molecule has 6 heteroatoms. The van der Waals surface area contributed by atoms with Crippen LogP contribution in [-0.4, -0.2) is 47.0 Å². The summed E-state index contributed by atoms with van der Waals surface area (Å²) in [5.41, 5.74) is 0. The van der Waals surface area contributed by atoms with Crippen LogP contribution in [-0.2, 0) is 0 Å². The first kappa shape index (κ1) is 19.1. The summed E-state index contributed by atoms with van der Waals surface area (Å²) < 4.78 is 3.18. The van der Waals surface area contributed by atoms with Crippen molar-refractivity contribution < 1.29 is 0 Å². The largest absolute Gasteiger partial charge is 0.172 e. The zero-order valence-electron chi connectivity index (χ0n) is 13.2. The normalized spacial score (nSPS) is 12.6. The van der Waals surface area contributed by atoms with E-state index in [1.165, 1.54) is 34.5 Å². The SMILES string of the molecule is CSCCSCCSCCS(C)(c1cccs1)c1cccs1. The van der Waals surface area contributed by atoms with Gasteiger partial charge in [0.2, 0.25) is 0 Å². The minimum atomic E-state index is -0.805. The van der Waals surface area contributed by atoms with Crippen LogP contribution in [0.5, 0.6) is 0 Å². The molecule has 0 aliphatic rings. The molecule has 0 aromatic carbocycles. The molecule has 0 fully saturated rings. The Morgan fingerprint density at radius 3 is 1.91 bits per heavy atom. The lowest BCUT2D eigenvalue weighted by atomic mass is 10.7. The van der Waals surface area contributed by atoms with E-state index < -0.39 is 10.0 Å². The lowest BCUT2D eigenvalue weighted by molar-refractivity contribution is 1.42. The van der Waals surface area contributed by atoms with Gasteiger partial charge in [0.05, 0.1) is 0 Å². The van der Waals surface area contributed by atoms with E-state index in [1.54, 1.807) is 8.42 Å². The second-order valence-electron chi connectivity index (χ2n) is 4.87. The molecule has 0 amide bonds. The van der Waals surface area contributed by atoms with Gasteiger partial charge in [0.1, 0.15) is 0 Å². The number of hydrogen-bond acceptors (Lipinski definition) is 5. The van der Waals surface area contributed by atoms with E-state index in [0.29, 0.717) is 0 Å². The number of rotatable bonds is 11. The molecular weight excluding hydrogens is 385 g/mol.